The number of likely N-dealkylation sites (N-methyl/N-ethyl adjacent to an activating group) is 2. The molecular formula is C53H56F2N6O6S2. The molecule has 2 aromatic carbocycles. The van der Waals surface area contributed by atoms with E-state index < -0.39 is 35.4 Å². The van der Waals surface area contributed by atoms with Gasteiger partial charge in [-0.25, -0.2) is 13.6 Å². The zero-order valence-electron chi connectivity index (χ0n) is 39.5. The number of anilines is 2. The highest BCUT2D eigenvalue weighted by molar-refractivity contribution is 7.15. The van der Waals surface area contributed by atoms with Gasteiger partial charge in [0.05, 0.1) is 48.9 Å². The van der Waals surface area contributed by atoms with E-state index in [0.29, 0.717) is 39.4 Å². The van der Waals surface area contributed by atoms with E-state index in [2.05, 4.69) is 17.5 Å². The predicted molar refractivity (Wildman–Crippen MR) is 260 cm³/mol. The molecule has 4 aliphatic heterocycles. The Hall–Kier alpha value is -5.81. The lowest BCUT2D eigenvalue weighted by Gasteiger charge is -2.35. The summed E-state index contributed by atoms with van der Waals surface area (Å²) in [5.74, 6) is -1.49. The molecule has 2 aromatic heterocycles. The van der Waals surface area contributed by atoms with Crippen LogP contribution in [0.1, 0.15) is 93.0 Å². The Kier molecular flexibility index (Phi) is 13.4. The maximum atomic E-state index is 15.0. The Bertz CT molecular complexity index is 2820. The molecule has 6 heterocycles. The van der Waals surface area contributed by atoms with Gasteiger partial charge in [-0.15, -0.1) is 22.7 Å². The number of fused-ring (bicyclic) bond motifs is 6. The van der Waals surface area contributed by atoms with Crippen molar-refractivity contribution < 1.29 is 37.5 Å². The third-order valence-corrected chi connectivity index (χ3v) is 17.1. The lowest BCUT2D eigenvalue weighted by atomic mass is 9.89. The van der Waals surface area contributed by atoms with Crippen LogP contribution in [0.5, 0.6) is 0 Å². The molecular weight excluding hydrogens is 919 g/mol. The molecule has 8 atom stereocenters. The van der Waals surface area contributed by atoms with Crippen molar-refractivity contribution in [2.24, 2.45) is 23.7 Å². The number of nitriles is 2. The Morgan fingerprint density at radius 1 is 0.754 bits per heavy atom. The van der Waals surface area contributed by atoms with Gasteiger partial charge in [-0.3, -0.25) is 24.1 Å². The molecule has 360 valence electrons. The third kappa shape index (κ3) is 9.86. The summed E-state index contributed by atoms with van der Waals surface area (Å²) in [6.45, 7) is 5.39. The molecule has 0 spiro atoms. The summed E-state index contributed by atoms with van der Waals surface area (Å²) >= 11 is 2.58. The monoisotopic (exact) mass is 974 g/mol. The van der Waals surface area contributed by atoms with Crippen LogP contribution in [-0.4, -0.2) is 78.2 Å². The summed E-state index contributed by atoms with van der Waals surface area (Å²) in [6.07, 6.45) is 6.53. The number of Topliss-reactive ketones (excluding diaryl/α,β-unsaturated/α-hetero) is 2. The van der Waals surface area contributed by atoms with E-state index in [9.17, 15) is 43.3 Å². The number of halogens is 2. The van der Waals surface area contributed by atoms with Crippen molar-refractivity contribution in [3.8, 4) is 33.0 Å². The normalized spacial score (nSPS) is 23.9. The van der Waals surface area contributed by atoms with E-state index in [4.69, 9.17) is 4.74 Å². The minimum atomic E-state index is -0.702. The van der Waals surface area contributed by atoms with Crippen LogP contribution >= 0.6 is 22.7 Å². The second-order valence-electron chi connectivity index (χ2n) is 20.6. The number of carbonyl (C=O) groups is 5. The van der Waals surface area contributed by atoms with Gasteiger partial charge in [-0.05, 0) is 118 Å². The number of benzene rings is 2. The minimum absolute atomic E-state index is 0.0108. The highest BCUT2D eigenvalue weighted by Gasteiger charge is 2.52. The number of nitrogens with zero attached hydrogens (tertiary/aromatic N) is 5. The predicted octanol–water partition coefficient (Wildman–Crippen LogP) is 9.36. The number of nitrogens with one attached hydrogen (secondary N) is 1. The van der Waals surface area contributed by atoms with Crippen molar-refractivity contribution in [1.29, 1.82) is 10.5 Å². The lowest BCUT2D eigenvalue weighted by Crippen LogP contribution is -2.51. The number of thiophene rings is 2. The fourth-order valence-electron chi connectivity index (χ4n) is 11.3. The first-order valence-corrected chi connectivity index (χ1v) is 25.5. The molecule has 4 aromatic rings. The fourth-order valence-corrected chi connectivity index (χ4v) is 13.5. The molecule has 2 saturated heterocycles. The maximum Gasteiger partial charge on any atom is 0.411 e. The van der Waals surface area contributed by atoms with E-state index in [-0.39, 0.29) is 72.9 Å². The molecule has 3 amide bonds. The van der Waals surface area contributed by atoms with Crippen molar-refractivity contribution in [2.45, 2.75) is 128 Å². The second-order valence-corrected chi connectivity index (χ2v) is 22.9. The number of ether oxygens (including phenoxy) is 1. The third-order valence-electron chi connectivity index (χ3n) is 14.8. The molecule has 6 aliphatic rings. The quantitative estimate of drug-likeness (QED) is 0.146. The van der Waals surface area contributed by atoms with E-state index in [1.54, 1.807) is 49.6 Å². The van der Waals surface area contributed by atoms with Gasteiger partial charge < -0.3 is 19.9 Å². The summed E-state index contributed by atoms with van der Waals surface area (Å²) in [4.78, 5) is 70.2. The van der Waals surface area contributed by atoms with Crippen LogP contribution in [0.2, 0.25) is 0 Å². The van der Waals surface area contributed by atoms with Gasteiger partial charge in [-0.1, -0.05) is 24.3 Å². The van der Waals surface area contributed by atoms with Crippen LogP contribution in [0, 0.1) is 58.0 Å². The van der Waals surface area contributed by atoms with Gasteiger partial charge >= 0.3 is 6.09 Å². The van der Waals surface area contributed by atoms with Crippen LogP contribution in [0.15, 0.2) is 48.5 Å². The van der Waals surface area contributed by atoms with Crippen LogP contribution in [-0.2, 0) is 49.6 Å². The van der Waals surface area contributed by atoms with Crippen LogP contribution in [0.25, 0.3) is 20.9 Å². The first-order valence-electron chi connectivity index (χ1n) is 23.9. The molecule has 1 N–H and O–H groups in total. The molecule has 0 radical (unpaired) electrons. The number of piperidine rings is 2. The van der Waals surface area contributed by atoms with Crippen LogP contribution in [0.3, 0.4) is 0 Å². The molecule has 69 heavy (non-hydrogen) atoms. The maximum absolute atomic E-state index is 15.0. The number of rotatable bonds is 12. The minimum Gasteiger partial charge on any atom is -0.444 e. The molecule has 10 rings (SSSR count). The number of carbonyl (C=O) groups excluding carboxylic acids is 5. The molecule has 12 nitrogen and oxygen atoms in total. The zero-order valence-corrected chi connectivity index (χ0v) is 41.1. The second kappa shape index (κ2) is 19.2. The summed E-state index contributed by atoms with van der Waals surface area (Å²) in [5.41, 5.74) is 4.60. The first-order chi connectivity index (χ1) is 32.9. The van der Waals surface area contributed by atoms with Crippen LogP contribution < -0.4 is 15.1 Å². The van der Waals surface area contributed by atoms with Gasteiger partial charge in [0.2, 0.25) is 11.8 Å². The smallest absolute Gasteiger partial charge is 0.411 e. The first kappa shape index (κ1) is 48.2. The highest BCUT2D eigenvalue weighted by atomic mass is 32.1. The highest BCUT2D eigenvalue weighted by Crippen LogP contribution is 2.45. The average molecular weight is 975 g/mol. The van der Waals surface area contributed by atoms with Crippen molar-refractivity contribution in [1.82, 2.24) is 10.2 Å². The standard InChI is InChI=1S/C29H32FN3O4S.C24H24FN3O2S/c1-29(2,3)37-28(36)33-20-8-7-19(11-20)27(33)23(34)9-16(15-31)10-25-21(30)14-24(38-25)18-6-5-17-13-26(35)32(4)22(17)12-18;1-28-19-9-15(3-2-14(19)10-23(28)30)21-11-18(25)22(31-21)7-13(12-26)6-20(29)24-16-4-5-17(8-16)27-24/h5-6,12,14,16,19-20,27H,7-11,13H2,1-4H3;2-3,9,11,13,16-17,24,27H,4-8,10H2,1H3/t16?,19-,20+,27-;13?,16-,17+,24-/m00/s1. The van der Waals surface area contributed by atoms with Crippen molar-refractivity contribution in [3.05, 3.63) is 81.0 Å². The van der Waals surface area contributed by atoms with E-state index >= 15 is 0 Å². The number of ketones is 2. The molecule has 16 heteroatoms. The van der Waals surface area contributed by atoms with Gasteiger partial charge in [0.15, 0.2) is 11.6 Å². The Labute approximate surface area is 409 Å². The Balaban J connectivity index is 0.000000175. The zero-order chi connectivity index (χ0) is 49.1. The molecule has 4 bridgehead atoms. The SMILES string of the molecule is CN1C(=O)Cc2ccc(-c3cc(F)c(CC(C#N)CC(=O)[C@@H]4[C@H]5CC[C@H](C5)N4C(=O)OC(C)(C)C)s3)cc21.CN1C(=O)Cc2ccc(-c3cc(F)c(CC(C#N)CC(=O)[C@H]4N[C@@H]5CC[C@H]4C5)s3)cc21. The molecule has 2 saturated carbocycles. The molecule has 2 aliphatic carbocycles. The average Bonchev–Trinajstić information content (AvgIpc) is 4.21. The lowest BCUT2D eigenvalue weighted by molar-refractivity contribution is -0.126. The van der Waals surface area contributed by atoms with Crippen LogP contribution in [0.4, 0.5) is 25.0 Å². The topological polar surface area (TPSA) is 164 Å². The Morgan fingerprint density at radius 2 is 1.28 bits per heavy atom. The van der Waals surface area contributed by atoms with Crippen molar-refractivity contribution >= 4 is 63.5 Å². The largest absolute Gasteiger partial charge is 0.444 e. The summed E-state index contributed by atoms with van der Waals surface area (Å²) in [7, 11) is 3.48. The number of hydrogen-bond acceptors (Lipinski definition) is 11. The summed E-state index contributed by atoms with van der Waals surface area (Å²) in [6, 6.07) is 18.5. The molecule has 2 unspecified atom stereocenters. The van der Waals surface area contributed by atoms with E-state index in [1.165, 1.54) is 34.8 Å². The van der Waals surface area contributed by atoms with Crippen molar-refractivity contribution in [2.75, 3.05) is 23.9 Å². The van der Waals surface area contributed by atoms with Gasteiger partial charge in [-0.2, -0.15) is 10.5 Å². The Morgan fingerprint density at radius 3 is 1.75 bits per heavy atom. The summed E-state index contributed by atoms with van der Waals surface area (Å²) < 4.78 is 35.3. The van der Waals surface area contributed by atoms with Gasteiger partial charge in [0.25, 0.3) is 0 Å². The van der Waals surface area contributed by atoms with Crippen molar-refractivity contribution in [3.63, 3.8) is 0 Å². The summed E-state index contributed by atoms with van der Waals surface area (Å²) in [5, 5.41) is 22.8. The number of likely N-dealkylation sites (tertiary alicyclic amines) is 1. The van der Waals surface area contributed by atoms with E-state index in [1.807, 2.05) is 36.4 Å². The fraction of sp³-hybridized carbons (Fsp3) is 0.491. The number of amides is 3. The van der Waals surface area contributed by atoms with E-state index in [0.717, 1.165) is 77.0 Å². The number of hydrogen-bond donors (Lipinski definition) is 1. The molecule has 4 fully saturated rings. The van der Waals surface area contributed by atoms with Gasteiger partial charge in [0, 0.05) is 82.7 Å². The van der Waals surface area contributed by atoms with Gasteiger partial charge in [0.1, 0.15) is 17.2 Å².